The molecule has 1 amide bonds. The van der Waals surface area contributed by atoms with E-state index in [1.165, 1.54) is 0 Å². The number of hydrogen-bond acceptors (Lipinski definition) is 4. The van der Waals surface area contributed by atoms with Crippen LogP contribution in [0.5, 0.6) is 0 Å². The Labute approximate surface area is 136 Å². The average molecular weight is 313 g/mol. The molecule has 0 unspecified atom stereocenters. The molecule has 0 saturated carbocycles. The highest BCUT2D eigenvalue weighted by molar-refractivity contribution is 5.94. The number of H-pyrrole nitrogens is 1. The third-order valence-electron chi connectivity index (χ3n) is 4.33. The Morgan fingerprint density at radius 3 is 3.13 bits per heavy atom. The number of fused-ring (bicyclic) bond motifs is 1. The third-order valence-corrected chi connectivity index (χ3v) is 4.33. The van der Waals surface area contributed by atoms with Crippen molar-refractivity contribution < 1.29 is 4.79 Å². The maximum absolute atomic E-state index is 12.5. The molecule has 0 aliphatic carbocycles. The molecule has 122 valence electrons. The third kappa shape index (κ3) is 3.42. The normalized spacial score (nSPS) is 16.0. The number of hydrogen-bond donors (Lipinski definition) is 2. The molecule has 0 aromatic carbocycles. The first kappa shape index (κ1) is 15.7. The van der Waals surface area contributed by atoms with E-state index >= 15 is 0 Å². The Bertz CT molecular complexity index is 709. The van der Waals surface area contributed by atoms with Crippen LogP contribution in [0.4, 0.5) is 0 Å². The molecular formula is C17H23N5O. The second-order valence-corrected chi connectivity index (χ2v) is 6.36. The van der Waals surface area contributed by atoms with Gasteiger partial charge < -0.3 is 10.2 Å². The van der Waals surface area contributed by atoms with Gasteiger partial charge >= 0.3 is 0 Å². The number of carbonyl (C=O) groups excluding carboxylic acids is 1. The maximum Gasteiger partial charge on any atom is 0.272 e. The van der Waals surface area contributed by atoms with E-state index < -0.39 is 0 Å². The van der Waals surface area contributed by atoms with Crippen molar-refractivity contribution in [3.63, 3.8) is 0 Å². The van der Waals surface area contributed by atoms with Crippen molar-refractivity contribution in [2.24, 2.45) is 0 Å². The molecule has 2 aromatic heterocycles. The molecule has 2 aromatic rings. The summed E-state index contributed by atoms with van der Waals surface area (Å²) >= 11 is 0. The fourth-order valence-electron chi connectivity index (χ4n) is 2.98. The molecule has 23 heavy (non-hydrogen) atoms. The van der Waals surface area contributed by atoms with Gasteiger partial charge in [0.15, 0.2) is 5.69 Å². The van der Waals surface area contributed by atoms with Crippen LogP contribution in [-0.4, -0.2) is 45.6 Å². The molecule has 0 fully saturated rings. The first-order chi connectivity index (χ1) is 11.0. The van der Waals surface area contributed by atoms with E-state index in [1.807, 2.05) is 26.0 Å². The van der Waals surface area contributed by atoms with Crippen LogP contribution < -0.4 is 5.32 Å². The monoisotopic (exact) mass is 313 g/mol. The molecule has 1 aliphatic heterocycles. The first-order valence-corrected chi connectivity index (χ1v) is 8.00. The molecule has 6 heteroatoms. The van der Waals surface area contributed by atoms with Gasteiger partial charge in [0, 0.05) is 55.1 Å². The molecule has 0 spiro atoms. The molecule has 0 radical (unpaired) electrons. The van der Waals surface area contributed by atoms with E-state index in [0.29, 0.717) is 12.1 Å². The van der Waals surface area contributed by atoms with Crippen molar-refractivity contribution in [1.29, 1.82) is 0 Å². The lowest BCUT2D eigenvalue weighted by atomic mass is 10.0. The Morgan fingerprint density at radius 1 is 1.52 bits per heavy atom. The fraction of sp³-hybridized carbons (Fsp3) is 0.471. The highest BCUT2D eigenvalue weighted by Gasteiger charge is 2.24. The zero-order valence-electron chi connectivity index (χ0n) is 13.9. The van der Waals surface area contributed by atoms with Crippen molar-refractivity contribution in [2.45, 2.75) is 39.3 Å². The van der Waals surface area contributed by atoms with Gasteiger partial charge in [0.2, 0.25) is 0 Å². The summed E-state index contributed by atoms with van der Waals surface area (Å²) in [5.74, 6) is -0.112. The molecular weight excluding hydrogens is 290 g/mol. The van der Waals surface area contributed by atoms with Crippen LogP contribution in [0.25, 0.3) is 0 Å². The molecule has 6 nitrogen and oxygen atoms in total. The number of likely N-dealkylation sites (N-methyl/N-ethyl adjacent to an activating group) is 1. The molecule has 1 aliphatic rings. The molecule has 0 saturated heterocycles. The number of rotatable bonds is 4. The minimum Gasteiger partial charge on any atom is -0.348 e. The first-order valence-electron chi connectivity index (χ1n) is 8.00. The average Bonchev–Trinajstić information content (AvgIpc) is 2.92. The number of aromatic nitrogens is 3. The highest BCUT2D eigenvalue weighted by atomic mass is 16.2. The molecule has 0 bridgehead atoms. The number of aromatic amines is 1. The largest absolute Gasteiger partial charge is 0.348 e. The summed E-state index contributed by atoms with van der Waals surface area (Å²) in [6, 6.07) is 3.97. The van der Waals surface area contributed by atoms with Gasteiger partial charge in [0.1, 0.15) is 0 Å². The van der Waals surface area contributed by atoms with E-state index in [0.717, 1.165) is 42.0 Å². The van der Waals surface area contributed by atoms with Gasteiger partial charge in [-0.1, -0.05) is 6.07 Å². The summed E-state index contributed by atoms with van der Waals surface area (Å²) in [6.45, 7) is 5.79. The van der Waals surface area contributed by atoms with Crippen LogP contribution in [0, 0.1) is 6.92 Å². The summed E-state index contributed by atoms with van der Waals surface area (Å²) < 4.78 is 0. The van der Waals surface area contributed by atoms with Crippen molar-refractivity contribution in [2.75, 3.05) is 13.6 Å². The number of nitrogens with one attached hydrogen (secondary N) is 2. The van der Waals surface area contributed by atoms with Crippen molar-refractivity contribution in [1.82, 2.24) is 25.4 Å². The summed E-state index contributed by atoms with van der Waals surface area (Å²) in [6.07, 6.45) is 3.41. The summed E-state index contributed by atoms with van der Waals surface area (Å²) in [5, 5.41) is 10.3. The van der Waals surface area contributed by atoms with Crippen LogP contribution in [0.1, 0.15) is 39.9 Å². The van der Waals surface area contributed by atoms with Gasteiger partial charge in [-0.05, 0) is 32.5 Å². The second kappa shape index (κ2) is 6.50. The van der Waals surface area contributed by atoms with E-state index in [1.54, 1.807) is 6.20 Å². The maximum atomic E-state index is 12.5. The lowest BCUT2D eigenvalue weighted by Crippen LogP contribution is -2.36. The number of nitrogens with zero attached hydrogens (tertiary/aromatic N) is 3. The van der Waals surface area contributed by atoms with Gasteiger partial charge in [-0.2, -0.15) is 5.10 Å². The lowest BCUT2D eigenvalue weighted by Gasteiger charge is -2.22. The van der Waals surface area contributed by atoms with E-state index in [-0.39, 0.29) is 11.9 Å². The quantitative estimate of drug-likeness (QED) is 0.896. The van der Waals surface area contributed by atoms with Crippen molar-refractivity contribution in [3.05, 3.63) is 46.5 Å². The SMILES string of the molecule is Cc1cccnc1C[C@H](C)NC(=O)c1n[nH]c2c1CN(C)CC2. The lowest BCUT2D eigenvalue weighted by molar-refractivity contribution is 0.0933. The van der Waals surface area contributed by atoms with Gasteiger partial charge in [-0.15, -0.1) is 0 Å². The van der Waals surface area contributed by atoms with E-state index in [4.69, 9.17) is 0 Å². The van der Waals surface area contributed by atoms with Crippen LogP contribution in [0.3, 0.4) is 0 Å². The predicted molar refractivity (Wildman–Crippen MR) is 88.2 cm³/mol. The van der Waals surface area contributed by atoms with Crippen LogP contribution in [-0.2, 0) is 19.4 Å². The van der Waals surface area contributed by atoms with E-state index in [2.05, 4.69) is 32.4 Å². The number of aryl methyl sites for hydroxylation is 1. The Hall–Kier alpha value is -2.21. The minimum atomic E-state index is -0.112. The number of carbonyl (C=O) groups is 1. The smallest absolute Gasteiger partial charge is 0.272 e. The topological polar surface area (TPSA) is 73.9 Å². The zero-order valence-corrected chi connectivity index (χ0v) is 13.9. The summed E-state index contributed by atoms with van der Waals surface area (Å²) in [7, 11) is 2.06. The van der Waals surface area contributed by atoms with Gasteiger partial charge in [-0.25, -0.2) is 0 Å². The summed E-state index contributed by atoms with van der Waals surface area (Å²) in [4.78, 5) is 19.1. The molecule has 3 rings (SSSR count). The van der Waals surface area contributed by atoms with Crippen LogP contribution >= 0.6 is 0 Å². The Kier molecular flexibility index (Phi) is 4.43. The fourth-order valence-corrected chi connectivity index (χ4v) is 2.98. The predicted octanol–water partition coefficient (Wildman–Crippen LogP) is 1.46. The minimum absolute atomic E-state index is 0.00442. The van der Waals surface area contributed by atoms with E-state index in [9.17, 15) is 4.79 Å². The van der Waals surface area contributed by atoms with Crippen LogP contribution in [0.15, 0.2) is 18.3 Å². The highest BCUT2D eigenvalue weighted by Crippen LogP contribution is 2.19. The van der Waals surface area contributed by atoms with Gasteiger partial charge in [0.05, 0.1) is 0 Å². The van der Waals surface area contributed by atoms with Gasteiger partial charge in [0.25, 0.3) is 5.91 Å². The van der Waals surface area contributed by atoms with Crippen molar-refractivity contribution in [3.8, 4) is 0 Å². The number of pyridine rings is 1. The molecule has 3 heterocycles. The molecule has 2 N–H and O–H groups in total. The number of amides is 1. The zero-order chi connectivity index (χ0) is 16.4. The second-order valence-electron chi connectivity index (χ2n) is 6.36. The standard InChI is InChI=1S/C17H23N5O/c1-11-5-4-7-18-15(11)9-12(2)19-17(23)16-13-10-22(3)8-6-14(13)20-21-16/h4-5,7,12H,6,8-10H2,1-3H3,(H,19,23)(H,20,21)/t12-/m0/s1. The van der Waals surface area contributed by atoms with Gasteiger partial charge in [-0.3, -0.25) is 14.9 Å². The Balaban J connectivity index is 1.68. The van der Waals surface area contributed by atoms with Crippen molar-refractivity contribution >= 4 is 5.91 Å². The summed E-state index contributed by atoms with van der Waals surface area (Å²) in [5.41, 5.74) is 4.80. The molecule has 1 atom stereocenters. The Morgan fingerprint density at radius 2 is 2.35 bits per heavy atom. The van der Waals surface area contributed by atoms with Crippen LogP contribution in [0.2, 0.25) is 0 Å².